The third-order valence-corrected chi connectivity index (χ3v) is 7.31. The van der Waals surface area contributed by atoms with Crippen LogP contribution in [0.25, 0.3) is 44.8 Å². The molecule has 2 heterocycles. The van der Waals surface area contributed by atoms with Crippen LogP contribution in [0.3, 0.4) is 0 Å². The molecule has 2 nitrogen and oxygen atoms in total. The summed E-state index contributed by atoms with van der Waals surface area (Å²) in [7, 11) is 2.26. The zero-order chi connectivity index (χ0) is 24.3. The second-order valence-corrected chi connectivity index (χ2v) is 9.58. The van der Waals surface area contributed by atoms with Crippen molar-refractivity contribution in [1.29, 1.82) is 0 Å². The fourth-order valence-corrected chi connectivity index (χ4v) is 5.61. The molecule has 1 aliphatic heterocycles. The van der Waals surface area contributed by atoms with Crippen LogP contribution in [-0.4, -0.2) is 23.5 Å². The summed E-state index contributed by atoms with van der Waals surface area (Å²) in [5.41, 5.74) is 10.7. The van der Waals surface area contributed by atoms with Gasteiger partial charge in [-0.2, -0.15) is 0 Å². The molecule has 2 heteroatoms. The lowest BCUT2D eigenvalue weighted by Gasteiger charge is -2.29. The van der Waals surface area contributed by atoms with Gasteiger partial charge in [-0.3, -0.25) is 4.90 Å². The molecule has 4 aromatic carbocycles. The van der Waals surface area contributed by atoms with Gasteiger partial charge in [0, 0.05) is 28.3 Å². The van der Waals surface area contributed by atoms with Crippen molar-refractivity contribution in [2.24, 2.45) is 0 Å². The van der Waals surface area contributed by atoms with Gasteiger partial charge in [0.05, 0.1) is 11.4 Å². The Hall–Kier alpha value is -4.01. The van der Waals surface area contributed by atoms with Gasteiger partial charge in [-0.25, -0.2) is 4.98 Å². The summed E-state index contributed by atoms with van der Waals surface area (Å²) in [6, 6.07) is 43.4. The second-order valence-electron chi connectivity index (χ2n) is 9.58. The van der Waals surface area contributed by atoms with E-state index in [1.54, 1.807) is 0 Å². The minimum atomic E-state index is 0.315. The van der Waals surface area contributed by atoms with E-state index in [1.165, 1.54) is 39.8 Å². The monoisotopic (exact) mass is 466 g/mol. The Morgan fingerprint density at radius 3 is 1.47 bits per heavy atom. The third kappa shape index (κ3) is 4.14. The van der Waals surface area contributed by atoms with E-state index in [0.29, 0.717) is 6.04 Å². The van der Waals surface area contributed by atoms with E-state index in [4.69, 9.17) is 4.98 Å². The fraction of sp³-hybridized carbons (Fsp3) is 0.147. The molecular weight excluding hydrogens is 436 g/mol. The zero-order valence-electron chi connectivity index (χ0n) is 20.6. The lowest BCUT2D eigenvalue weighted by Crippen LogP contribution is -2.20. The molecule has 0 N–H and O–H groups in total. The quantitative estimate of drug-likeness (QED) is 0.258. The number of aromatic nitrogens is 1. The highest BCUT2D eigenvalue weighted by Gasteiger charge is 2.32. The molecule has 0 saturated carbocycles. The second kappa shape index (κ2) is 9.93. The van der Waals surface area contributed by atoms with Crippen LogP contribution in [0, 0.1) is 0 Å². The van der Waals surface area contributed by atoms with Crippen molar-refractivity contribution in [2.45, 2.75) is 18.9 Å². The number of hydrogen-bond donors (Lipinski definition) is 0. The Morgan fingerprint density at radius 1 is 0.556 bits per heavy atom. The van der Waals surface area contributed by atoms with E-state index in [2.05, 4.69) is 133 Å². The maximum absolute atomic E-state index is 5.53. The van der Waals surface area contributed by atoms with Crippen LogP contribution in [0.5, 0.6) is 0 Å². The fourth-order valence-electron chi connectivity index (χ4n) is 5.61. The molecule has 1 aromatic heterocycles. The van der Waals surface area contributed by atoms with Crippen LogP contribution in [0.4, 0.5) is 0 Å². The van der Waals surface area contributed by atoms with Crippen molar-refractivity contribution >= 4 is 0 Å². The Morgan fingerprint density at radius 2 is 1.00 bits per heavy atom. The molecule has 1 unspecified atom stereocenters. The van der Waals surface area contributed by atoms with Crippen LogP contribution in [-0.2, 0) is 0 Å². The maximum Gasteiger partial charge on any atom is 0.0794 e. The van der Waals surface area contributed by atoms with Gasteiger partial charge in [-0.05, 0) is 43.1 Å². The predicted octanol–water partition coefficient (Wildman–Crippen LogP) is 8.52. The molecule has 176 valence electrons. The van der Waals surface area contributed by atoms with Crippen molar-refractivity contribution in [2.75, 3.05) is 13.6 Å². The van der Waals surface area contributed by atoms with E-state index >= 15 is 0 Å². The third-order valence-electron chi connectivity index (χ3n) is 7.31. The van der Waals surface area contributed by atoms with Crippen molar-refractivity contribution in [3.05, 3.63) is 127 Å². The molecule has 0 spiro atoms. The first-order chi connectivity index (χ1) is 17.8. The normalized spacial score (nSPS) is 15.8. The highest BCUT2D eigenvalue weighted by atomic mass is 15.1. The lowest BCUT2D eigenvalue weighted by molar-refractivity contribution is 0.318. The highest BCUT2D eigenvalue weighted by Crippen LogP contribution is 2.49. The molecule has 36 heavy (non-hydrogen) atoms. The number of pyridine rings is 1. The van der Waals surface area contributed by atoms with E-state index < -0.39 is 0 Å². The number of likely N-dealkylation sites (tertiary alicyclic amines) is 1. The summed E-state index contributed by atoms with van der Waals surface area (Å²) in [5.74, 6) is 0. The first-order valence-electron chi connectivity index (χ1n) is 12.8. The standard InChI is InChI=1S/C34H30N2/c1-36-24-14-23-29(36)32-30(25-15-6-2-7-16-25)31(26-17-8-3-9-18-26)33(27-19-10-4-11-20-27)35-34(32)28-21-12-5-13-22-28/h2-13,15-22,29H,14,23-24H2,1H3. The largest absolute Gasteiger partial charge is 0.299 e. The topological polar surface area (TPSA) is 16.1 Å². The van der Waals surface area contributed by atoms with Gasteiger partial charge in [0.25, 0.3) is 0 Å². The van der Waals surface area contributed by atoms with Crippen molar-refractivity contribution in [3.63, 3.8) is 0 Å². The minimum absolute atomic E-state index is 0.315. The van der Waals surface area contributed by atoms with Crippen molar-refractivity contribution in [3.8, 4) is 44.8 Å². The van der Waals surface area contributed by atoms with E-state index in [1.807, 2.05) is 0 Å². The SMILES string of the molecule is CN1CCCC1c1c(-c2ccccc2)nc(-c2ccccc2)c(-c2ccccc2)c1-c1ccccc1. The summed E-state index contributed by atoms with van der Waals surface area (Å²) in [4.78, 5) is 8.03. The maximum atomic E-state index is 5.53. The van der Waals surface area contributed by atoms with Gasteiger partial charge in [-0.15, -0.1) is 0 Å². The van der Waals surface area contributed by atoms with E-state index in [9.17, 15) is 0 Å². The number of nitrogens with zero attached hydrogens (tertiary/aromatic N) is 2. The summed E-state index contributed by atoms with van der Waals surface area (Å²) in [6.07, 6.45) is 2.33. The summed E-state index contributed by atoms with van der Waals surface area (Å²) in [6.45, 7) is 1.11. The molecule has 0 bridgehead atoms. The van der Waals surface area contributed by atoms with E-state index in [-0.39, 0.29) is 0 Å². The van der Waals surface area contributed by atoms with Gasteiger partial charge in [0.1, 0.15) is 0 Å². The molecule has 0 radical (unpaired) electrons. The van der Waals surface area contributed by atoms with Crippen molar-refractivity contribution < 1.29 is 0 Å². The molecule has 0 amide bonds. The van der Waals surface area contributed by atoms with Crippen LogP contribution in [0.15, 0.2) is 121 Å². The number of benzene rings is 4. The molecule has 1 saturated heterocycles. The molecule has 6 rings (SSSR count). The van der Waals surface area contributed by atoms with Gasteiger partial charge >= 0.3 is 0 Å². The molecule has 1 atom stereocenters. The molecular formula is C34H30N2. The Kier molecular flexibility index (Phi) is 6.19. The molecule has 1 aliphatic rings. The number of hydrogen-bond acceptors (Lipinski definition) is 2. The number of rotatable bonds is 5. The van der Waals surface area contributed by atoms with Crippen LogP contribution in [0.2, 0.25) is 0 Å². The predicted molar refractivity (Wildman–Crippen MR) is 151 cm³/mol. The summed E-state index contributed by atoms with van der Waals surface area (Å²) < 4.78 is 0. The Balaban J connectivity index is 1.80. The average Bonchev–Trinajstić information content (AvgIpc) is 3.39. The molecule has 5 aromatic rings. The van der Waals surface area contributed by atoms with Crippen LogP contribution in [0.1, 0.15) is 24.4 Å². The van der Waals surface area contributed by atoms with Gasteiger partial charge in [0.2, 0.25) is 0 Å². The first kappa shape index (κ1) is 22.5. The molecule has 0 aliphatic carbocycles. The summed E-state index contributed by atoms with van der Waals surface area (Å²) >= 11 is 0. The Bertz CT molecular complexity index is 1450. The average molecular weight is 467 g/mol. The first-order valence-corrected chi connectivity index (χ1v) is 12.8. The van der Waals surface area contributed by atoms with Gasteiger partial charge < -0.3 is 0 Å². The van der Waals surface area contributed by atoms with E-state index in [0.717, 1.165) is 29.9 Å². The van der Waals surface area contributed by atoms with Crippen molar-refractivity contribution in [1.82, 2.24) is 9.88 Å². The summed E-state index contributed by atoms with van der Waals surface area (Å²) in [5, 5.41) is 0. The van der Waals surface area contributed by atoms with Crippen LogP contribution >= 0.6 is 0 Å². The van der Waals surface area contributed by atoms with Crippen LogP contribution < -0.4 is 0 Å². The smallest absolute Gasteiger partial charge is 0.0794 e. The van der Waals surface area contributed by atoms with Gasteiger partial charge in [0.15, 0.2) is 0 Å². The Labute approximate surface area is 213 Å². The molecule has 1 fully saturated rings. The zero-order valence-corrected chi connectivity index (χ0v) is 20.6. The highest BCUT2D eigenvalue weighted by molar-refractivity contribution is 5.97. The lowest BCUT2D eigenvalue weighted by atomic mass is 9.83. The minimum Gasteiger partial charge on any atom is -0.299 e. The van der Waals surface area contributed by atoms with Gasteiger partial charge in [-0.1, -0.05) is 121 Å².